The zero-order valence-corrected chi connectivity index (χ0v) is 11.8. The predicted molar refractivity (Wildman–Crippen MR) is 75.7 cm³/mol. The molecule has 1 saturated heterocycles. The second kappa shape index (κ2) is 4.37. The Morgan fingerprint density at radius 3 is 2.85 bits per heavy atom. The molecule has 1 spiro atoms. The molecule has 0 amide bonds. The summed E-state index contributed by atoms with van der Waals surface area (Å²) < 4.78 is 19.0. The number of carbonyl (C=O) groups is 1. The number of benzene rings is 1. The Balaban J connectivity index is 1.75. The van der Waals surface area contributed by atoms with Gasteiger partial charge in [-0.25, -0.2) is 0 Å². The van der Waals surface area contributed by atoms with Crippen LogP contribution in [0.4, 0.5) is 0 Å². The lowest BCUT2D eigenvalue weighted by molar-refractivity contribution is -0.140. The molecule has 0 N–H and O–H groups in total. The van der Waals surface area contributed by atoms with Crippen LogP contribution in [0.5, 0.6) is 0 Å². The molecule has 5 atom stereocenters. The van der Waals surface area contributed by atoms with Gasteiger partial charge in [0, 0.05) is 10.8 Å². The van der Waals surface area contributed by atoms with Gasteiger partial charge in [-0.1, -0.05) is 24.3 Å². The highest BCUT2D eigenvalue weighted by Crippen LogP contribution is 2.53. The van der Waals surface area contributed by atoms with Gasteiger partial charge in [0.25, 0.3) is 0 Å². The van der Waals surface area contributed by atoms with E-state index in [-0.39, 0.29) is 23.1 Å². The molecule has 104 valence electrons. The van der Waals surface area contributed by atoms with Crippen LogP contribution in [0.15, 0.2) is 47.4 Å². The van der Waals surface area contributed by atoms with E-state index >= 15 is 0 Å². The van der Waals surface area contributed by atoms with E-state index < -0.39 is 16.4 Å². The Morgan fingerprint density at radius 1 is 1.25 bits per heavy atom. The van der Waals surface area contributed by atoms with Crippen molar-refractivity contribution in [2.24, 2.45) is 5.92 Å². The smallest absolute Gasteiger partial charge is 0.187 e. The summed E-state index contributed by atoms with van der Waals surface area (Å²) in [6.45, 7) is 0. The maximum Gasteiger partial charge on any atom is 0.187 e. The molecule has 1 unspecified atom stereocenters. The Kier molecular flexibility index (Phi) is 2.72. The second-order valence-corrected chi connectivity index (χ2v) is 7.38. The van der Waals surface area contributed by atoms with Gasteiger partial charge in [-0.15, -0.1) is 0 Å². The van der Waals surface area contributed by atoms with Crippen LogP contribution in [0.25, 0.3) is 0 Å². The van der Waals surface area contributed by atoms with E-state index in [9.17, 15) is 9.00 Å². The molecule has 1 aromatic carbocycles. The highest BCUT2D eigenvalue weighted by atomic mass is 32.2. The Labute approximate surface area is 120 Å². The lowest BCUT2D eigenvalue weighted by Gasteiger charge is -2.27. The summed E-state index contributed by atoms with van der Waals surface area (Å²) in [5.41, 5.74) is -0.672. The Hall–Kier alpha value is -1.26. The fraction of sp³-hybridized carbons (Fsp3) is 0.438. The van der Waals surface area contributed by atoms with Gasteiger partial charge in [0.15, 0.2) is 5.78 Å². The fourth-order valence-electron chi connectivity index (χ4n) is 3.94. The van der Waals surface area contributed by atoms with Crippen molar-refractivity contribution in [2.75, 3.05) is 0 Å². The number of rotatable bonds is 2. The molecule has 1 aliphatic carbocycles. The largest absolute Gasteiger partial charge is 0.358 e. The average Bonchev–Trinajstić information content (AvgIpc) is 2.98. The highest BCUT2D eigenvalue weighted by molar-refractivity contribution is 7.85. The first kappa shape index (κ1) is 12.5. The molecule has 3 nitrogen and oxygen atoms in total. The normalized spacial score (nSPS) is 39.8. The van der Waals surface area contributed by atoms with Crippen molar-refractivity contribution in [3.63, 3.8) is 0 Å². The maximum absolute atomic E-state index is 12.9. The minimum Gasteiger partial charge on any atom is -0.358 e. The van der Waals surface area contributed by atoms with Gasteiger partial charge in [0.05, 0.1) is 22.2 Å². The zero-order valence-electron chi connectivity index (χ0n) is 11.0. The van der Waals surface area contributed by atoms with Gasteiger partial charge in [-0.3, -0.25) is 9.00 Å². The zero-order chi connectivity index (χ0) is 13.7. The standard InChI is InChI=1S/C16H16O3S/c17-14-9-8-13-15(12-7-4-10-16(12,14)19-13)20(18)11-5-2-1-3-6-11/h1-3,5-6,8-9,12-13,15H,4,7,10H2/t12-,13-,15-,16-,20?/m1/s1. The van der Waals surface area contributed by atoms with E-state index in [0.717, 1.165) is 24.2 Å². The van der Waals surface area contributed by atoms with Crippen molar-refractivity contribution in [1.82, 2.24) is 0 Å². The van der Waals surface area contributed by atoms with Crippen molar-refractivity contribution in [3.8, 4) is 0 Å². The first-order valence-corrected chi connectivity index (χ1v) is 8.30. The van der Waals surface area contributed by atoms with Crippen LogP contribution < -0.4 is 0 Å². The van der Waals surface area contributed by atoms with E-state index in [1.807, 2.05) is 30.3 Å². The molecule has 20 heavy (non-hydrogen) atoms. The third kappa shape index (κ3) is 1.55. The molecular formula is C16H16O3S. The summed E-state index contributed by atoms with van der Waals surface area (Å²) in [6.07, 6.45) is 5.97. The molecular weight excluding hydrogens is 272 g/mol. The number of ketones is 1. The van der Waals surface area contributed by atoms with Crippen molar-refractivity contribution >= 4 is 16.6 Å². The summed E-state index contributed by atoms with van der Waals surface area (Å²) in [7, 11) is -1.13. The molecule has 1 saturated carbocycles. The Bertz CT molecular complexity index is 609. The van der Waals surface area contributed by atoms with Gasteiger partial charge in [0.1, 0.15) is 5.60 Å². The predicted octanol–water partition coefficient (Wildman–Crippen LogP) is 2.24. The van der Waals surface area contributed by atoms with Gasteiger partial charge in [-0.05, 0) is 37.5 Å². The molecule has 2 heterocycles. The molecule has 0 aromatic heterocycles. The van der Waals surface area contributed by atoms with Crippen LogP contribution in [-0.2, 0) is 20.3 Å². The van der Waals surface area contributed by atoms with Crippen molar-refractivity contribution in [2.45, 2.75) is 41.1 Å². The van der Waals surface area contributed by atoms with E-state index in [4.69, 9.17) is 4.74 Å². The molecule has 2 fully saturated rings. The highest BCUT2D eigenvalue weighted by Gasteiger charge is 2.63. The summed E-state index contributed by atoms with van der Waals surface area (Å²) in [4.78, 5) is 13.1. The third-order valence-corrected chi connectivity index (χ3v) is 6.63. The minimum absolute atomic E-state index is 0.0730. The number of hydrogen-bond donors (Lipinski definition) is 0. The van der Waals surface area contributed by atoms with Crippen LogP contribution in [0.3, 0.4) is 0 Å². The van der Waals surface area contributed by atoms with Crippen LogP contribution in [0.1, 0.15) is 19.3 Å². The van der Waals surface area contributed by atoms with Crippen molar-refractivity contribution in [1.29, 1.82) is 0 Å². The second-order valence-electron chi connectivity index (χ2n) is 5.77. The summed E-state index contributed by atoms with van der Waals surface area (Å²) >= 11 is 0. The first-order valence-electron chi connectivity index (χ1n) is 7.08. The first-order chi connectivity index (χ1) is 9.72. The van der Waals surface area contributed by atoms with E-state index in [1.165, 1.54) is 0 Å². The number of fused-ring (bicyclic) bond motifs is 1. The molecule has 2 aliphatic heterocycles. The van der Waals surface area contributed by atoms with Crippen LogP contribution in [0.2, 0.25) is 0 Å². The monoisotopic (exact) mass is 288 g/mol. The number of hydrogen-bond acceptors (Lipinski definition) is 3. The van der Waals surface area contributed by atoms with E-state index in [2.05, 4.69) is 0 Å². The van der Waals surface area contributed by atoms with E-state index in [1.54, 1.807) is 12.2 Å². The Morgan fingerprint density at radius 2 is 2.05 bits per heavy atom. The fourth-order valence-corrected chi connectivity index (χ4v) is 5.72. The topological polar surface area (TPSA) is 43.4 Å². The summed E-state index contributed by atoms with van der Waals surface area (Å²) in [6, 6.07) is 9.52. The molecule has 4 heteroatoms. The van der Waals surface area contributed by atoms with Crippen molar-refractivity contribution < 1.29 is 13.7 Å². The third-order valence-electron chi connectivity index (χ3n) is 4.81. The minimum atomic E-state index is -1.13. The maximum atomic E-state index is 12.9. The van der Waals surface area contributed by atoms with Crippen molar-refractivity contribution in [3.05, 3.63) is 42.5 Å². The SMILES string of the molecule is O=C1C=C[C@H]2O[C@@]13CCC[C@@H]3[C@H]2S(=O)c1ccccc1. The molecule has 0 radical (unpaired) electrons. The van der Waals surface area contributed by atoms with Gasteiger partial charge in [-0.2, -0.15) is 0 Å². The quantitative estimate of drug-likeness (QED) is 0.838. The average molecular weight is 288 g/mol. The molecule has 3 aliphatic rings. The van der Waals surface area contributed by atoms with Crippen LogP contribution in [-0.4, -0.2) is 26.9 Å². The molecule has 2 bridgehead atoms. The van der Waals surface area contributed by atoms with Gasteiger partial charge < -0.3 is 4.74 Å². The lowest BCUT2D eigenvalue weighted by atomic mass is 9.87. The molecule has 4 rings (SSSR count). The summed E-state index contributed by atoms with van der Waals surface area (Å²) in [5.74, 6) is 0.167. The van der Waals surface area contributed by atoms with Gasteiger partial charge in [0.2, 0.25) is 0 Å². The van der Waals surface area contributed by atoms with Crippen LogP contribution >= 0.6 is 0 Å². The van der Waals surface area contributed by atoms with Crippen LogP contribution in [0, 0.1) is 5.92 Å². The number of carbonyl (C=O) groups excluding carboxylic acids is 1. The van der Waals surface area contributed by atoms with Gasteiger partial charge >= 0.3 is 0 Å². The number of ether oxygens (including phenoxy) is 1. The van der Waals surface area contributed by atoms with E-state index in [0.29, 0.717) is 0 Å². The molecule has 1 aromatic rings. The lowest BCUT2D eigenvalue weighted by Crippen LogP contribution is -2.42. The summed E-state index contributed by atoms with van der Waals surface area (Å²) in [5, 5.41) is -0.0948.